The number of hydrogen-bond acceptors (Lipinski definition) is 5. The molecule has 1 aromatic carbocycles. The highest BCUT2D eigenvalue weighted by Gasteiger charge is 2.34. The molecule has 0 unspecified atom stereocenters. The number of nitrogens with zero attached hydrogens (tertiary/aromatic N) is 1. The first-order valence-corrected chi connectivity index (χ1v) is 10.1. The smallest absolute Gasteiger partial charge is 0.338 e. The summed E-state index contributed by atoms with van der Waals surface area (Å²) in [6.07, 6.45) is 0.941. The van der Waals surface area contributed by atoms with Crippen molar-refractivity contribution in [2.45, 2.75) is 19.4 Å². The Morgan fingerprint density at radius 1 is 1.27 bits per heavy atom. The number of urea groups is 1. The molecule has 2 aliphatic rings. The highest BCUT2D eigenvalue weighted by molar-refractivity contribution is 7.99. The number of carbonyl (C=O) groups excluding carboxylic acids is 2. The van der Waals surface area contributed by atoms with E-state index >= 15 is 0 Å². The van der Waals surface area contributed by atoms with Crippen molar-refractivity contribution >= 4 is 23.8 Å². The fraction of sp³-hybridized carbons (Fsp3) is 0.474. The fourth-order valence-corrected chi connectivity index (χ4v) is 4.25. The zero-order chi connectivity index (χ0) is 18.5. The van der Waals surface area contributed by atoms with E-state index in [1.165, 1.54) is 12.7 Å². The van der Waals surface area contributed by atoms with E-state index < -0.39 is 12.0 Å². The van der Waals surface area contributed by atoms with Crippen LogP contribution in [0, 0.1) is 0 Å². The standard InChI is InChI=1S/C19H25N3O3S/c1-3-13-4-6-14(7-5-13)17-16(18(23)25-2)15(20-19(24)21-17)12-22-8-10-26-11-9-22/h4-7,17H,3,8-12H2,1-2H3,(H2,20,21,24)/t17-/m1/s1. The van der Waals surface area contributed by atoms with Crippen molar-refractivity contribution in [2.75, 3.05) is 38.2 Å². The van der Waals surface area contributed by atoms with Crippen LogP contribution in [0.5, 0.6) is 0 Å². The number of ether oxygens (including phenoxy) is 1. The lowest BCUT2D eigenvalue weighted by Crippen LogP contribution is -2.49. The first-order valence-electron chi connectivity index (χ1n) is 8.90. The Hall–Kier alpha value is -1.99. The van der Waals surface area contributed by atoms with Gasteiger partial charge >= 0.3 is 12.0 Å². The van der Waals surface area contributed by atoms with Crippen molar-refractivity contribution in [3.63, 3.8) is 0 Å². The molecule has 1 aromatic rings. The molecule has 26 heavy (non-hydrogen) atoms. The molecule has 1 saturated heterocycles. The third-order valence-corrected chi connectivity index (χ3v) is 5.71. The maximum atomic E-state index is 12.5. The second kappa shape index (κ2) is 8.60. The van der Waals surface area contributed by atoms with E-state index in [0.29, 0.717) is 17.8 Å². The first kappa shape index (κ1) is 18.8. The van der Waals surface area contributed by atoms with E-state index in [2.05, 4.69) is 22.5 Å². The Balaban J connectivity index is 1.95. The van der Waals surface area contributed by atoms with Crippen LogP contribution in [0.15, 0.2) is 35.5 Å². The van der Waals surface area contributed by atoms with Gasteiger partial charge in [-0.05, 0) is 17.5 Å². The topological polar surface area (TPSA) is 70.7 Å². The normalized spacial score (nSPS) is 21.2. The third-order valence-electron chi connectivity index (χ3n) is 4.77. The number of nitrogens with one attached hydrogen (secondary N) is 2. The summed E-state index contributed by atoms with van der Waals surface area (Å²) in [6, 6.07) is 7.19. The molecular formula is C19H25N3O3S. The molecule has 6 nitrogen and oxygen atoms in total. The van der Waals surface area contributed by atoms with Crippen LogP contribution in [0.1, 0.15) is 24.1 Å². The maximum Gasteiger partial charge on any atom is 0.338 e. The summed E-state index contributed by atoms with van der Waals surface area (Å²) in [7, 11) is 1.37. The van der Waals surface area contributed by atoms with Crippen molar-refractivity contribution in [1.82, 2.24) is 15.5 Å². The van der Waals surface area contributed by atoms with Gasteiger partial charge in [0.05, 0.1) is 18.7 Å². The minimum atomic E-state index is -0.503. The van der Waals surface area contributed by atoms with Crippen LogP contribution in [0.25, 0.3) is 0 Å². The van der Waals surface area contributed by atoms with Gasteiger partial charge in [-0.15, -0.1) is 0 Å². The van der Waals surface area contributed by atoms with Crippen molar-refractivity contribution < 1.29 is 14.3 Å². The number of esters is 1. The molecule has 0 saturated carbocycles. The molecule has 140 valence electrons. The van der Waals surface area contributed by atoms with Crippen LogP contribution in [-0.2, 0) is 16.0 Å². The Morgan fingerprint density at radius 3 is 2.58 bits per heavy atom. The average Bonchev–Trinajstić information content (AvgIpc) is 2.68. The van der Waals surface area contributed by atoms with E-state index in [-0.39, 0.29) is 6.03 Å². The molecule has 2 amide bonds. The van der Waals surface area contributed by atoms with Gasteiger partial charge in [0.2, 0.25) is 0 Å². The summed E-state index contributed by atoms with van der Waals surface area (Å²) >= 11 is 1.92. The van der Waals surface area contributed by atoms with Gasteiger partial charge < -0.3 is 15.4 Å². The molecule has 0 bridgehead atoms. The molecule has 0 aliphatic carbocycles. The van der Waals surface area contributed by atoms with Crippen LogP contribution < -0.4 is 10.6 Å². The molecule has 2 aliphatic heterocycles. The number of rotatable bonds is 5. The van der Waals surface area contributed by atoms with Crippen LogP contribution in [0.4, 0.5) is 4.79 Å². The molecule has 1 fully saturated rings. The highest BCUT2D eigenvalue weighted by Crippen LogP contribution is 2.28. The molecule has 0 radical (unpaired) electrons. The van der Waals surface area contributed by atoms with Crippen molar-refractivity contribution in [1.29, 1.82) is 0 Å². The fourth-order valence-electron chi connectivity index (χ4n) is 3.27. The monoisotopic (exact) mass is 375 g/mol. The molecule has 3 rings (SSSR count). The zero-order valence-corrected chi connectivity index (χ0v) is 16.0. The number of thioether (sulfide) groups is 1. The quantitative estimate of drug-likeness (QED) is 0.771. The Labute approximate surface area is 158 Å². The first-order chi connectivity index (χ1) is 12.6. The van der Waals surface area contributed by atoms with Gasteiger partial charge in [0.25, 0.3) is 0 Å². The number of aryl methyl sites for hydroxylation is 1. The number of benzene rings is 1. The average molecular weight is 375 g/mol. The maximum absolute atomic E-state index is 12.5. The predicted molar refractivity (Wildman–Crippen MR) is 103 cm³/mol. The summed E-state index contributed by atoms with van der Waals surface area (Å²) in [5.74, 6) is 1.72. The van der Waals surface area contributed by atoms with Crippen LogP contribution in [0.3, 0.4) is 0 Å². The minimum absolute atomic E-state index is 0.288. The molecular weight excluding hydrogens is 350 g/mol. The van der Waals surface area contributed by atoms with Gasteiger partial charge in [0.15, 0.2) is 0 Å². The van der Waals surface area contributed by atoms with Crippen LogP contribution in [0.2, 0.25) is 0 Å². The summed E-state index contributed by atoms with van der Waals surface area (Å²) in [4.78, 5) is 27.0. The second-order valence-corrected chi connectivity index (χ2v) is 7.62. The number of carbonyl (C=O) groups is 2. The predicted octanol–water partition coefficient (Wildman–Crippen LogP) is 2.08. The Kier molecular flexibility index (Phi) is 6.21. The highest BCUT2D eigenvalue weighted by atomic mass is 32.2. The van der Waals surface area contributed by atoms with Gasteiger partial charge in [0, 0.05) is 36.8 Å². The summed E-state index contributed by atoms with van der Waals surface area (Å²) < 4.78 is 5.03. The van der Waals surface area contributed by atoms with Crippen LogP contribution in [-0.4, -0.2) is 55.2 Å². The van der Waals surface area contributed by atoms with Gasteiger partial charge in [-0.25, -0.2) is 9.59 Å². The van der Waals surface area contributed by atoms with Gasteiger partial charge in [-0.2, -0.15) is 11.8 Å². The molecule has 0 spiro atoms. The molecule has 0 aromatic heterocycles. The van der Waals surface area contributed by atoms with E-state index in [0.717, 1.165) is 36.6 Å². The number of methoxy groups -OCH3 is 1. The summed E-state index contributed by atoms with van der Waals surface area (Å²) in [5.41, 5.74) is 3.21. The molecule has 2 N–H and O–H groups in total. The second-order valence-electron chi connectivity index (χ2n) is 6.40. The SMILES string of the molecule is CCc1ccc([C@H]2NC(=O)NC(CN3CCSCC3)=C2C(=O)OC)cc1. The van der Waals surface area contributed by atoms with Gasteiger partial charge in [0.1, 0.15) is 0 Å². The van der Waals surface area contributed by atoms with Gasteiger partial charge in [-0.3, -0.25) is 4.90 Å². The van der Waals surface area contributed by atoms with E-state index in [4.69, 9.17) is 4.74 Å². The molecule has 7 heteroatoms. The Bertz CT molecular complexity index is 696. The van der Waals surface area contributed by atoms with Crippen LogP contribution >= 0.6 is 11.8 Å². The number of hydrogen-bond donors (Lipinski definition) is 2. The number of amides is 2. The van der Waals surface area contributed by atoms with Crippen molar-refractivity contribution in [3.8, 4) is 0 Å². The van der Waals surface area contributed by atoms with Gasteiger partial charge in [-0.1, -0.05) is 31.2 Å². The van der Waals surface area contributed by atoms with E-state index in [1.807, 2.05) is 36.0 Å². The molecule has 1 atom stereocenters. The summed E-state index contributed by atoms with van der Waals surface area (Å²) in [6.45, 7) is 4.53. The zero-order valence-electron chi connectivity index (χ0n) is 15.2. The third kappa shape index (κ3) is 4.22. The lowest BCUT2D eigenvalue weighted by Gasteiger charge is -2.33. The van der Waals surface area contributed by atoms with Crippen molar-refractivity contribution in [2.24, 2.45) is 0 Å². The Morgan fingerprint density at radius 2 is 1.96 bits per heavy atom. The van der Waals surface area contributed by atoms with E-state index in [9.17, 15) is 9.59 Å². The van der Waals surface area contributed by atoms with Crippen molar-refractivity contribution in [3.05, 3.63) is 46.7 Å². The lowest BCUT2D eigenvalue weighted by atomic mass is 9.94. The summed E-state index contributed by atoms with van der Waals surface area (Å²) in [5, 5.41) is 5.70. The minimum Gasteiger partial charge on any atom is -0.466 e. The van der Waals surface area contributed by atoms with E-state index in [1.54, 1.807) is 0 Å². The largest absolute Gasteiger partial charge is 0.466 e. The lowest BCUT2D eigenvalue weighted by molar-refractivity contribution is -0.136. The molecule has 2 heterocycles.